The van der Waals surface area contributed by atoms with Gasteiger partial charge in [0.05, 0.1) is 16.2 Å². The number of aryl methyl sites for hydroxylation is 1. The lowest BCUT2D eigenvalue weighted by Gasteiger charge is -2.14. The number of carbonyl (C=O) groups is 1. The molecule has 188 valence electrons. The highest BCUT2D eigenvalue weighted by Crippen LogP contribution is 2.37. The molecule has 3 rings (SSSR count). The first-order chi connectivity index (χ1) is 15.6. The zero-order chi connectivity index (χ0) is 25.5. The summed E-state index contributed by atoms with van der Waals surface area (Å²) in [5.74, 6) is -2.76. The number of alkyl halides is 6. The molecule has 0 aliphatic heterocycles. The van der Waals surface area contributed by atoms with Crippen LogP contribution in [0.15, 0.2) is 29.2 Å². The minimum Gasteiger partial charge on any atom is -0.292 e. The van der Waals surface area contributed by atoms with Crippen LogP contribution in [-0.4, -0.2) is 29.7 Å². The molecule has 13 heteroatoms. The normalized spacial score (nSPS) is 19.5. The first kappa shape index (κ1) is 26.2. The minimum atomic E-state index is -4.90. The third-order valence-electron chi connectivity index (χ3n) is 5.90. The number of nitrogens with zero attached hydrogens (tertiary/aromatic N) is 2. The van der Waals surface area contributed by atoms with Gasteiger partial charge in [0.1, 0.15) is 11.5 Å². The molecular weight excluding hydrogens is 493 g/mol. The van der Waals surface area contributed by atoms with Crippen molar-refractivity contribution in [2.24, 2.45) is 18.9 Å². The third kappa shape index (κ3) is 6.16. The second-order valence-electron chi connectivity index (χ2n) is 8.50. The Labute approximate surface area is 190 Å². The Morgan fingerprint density at radius 1 is 1.03 bits per heavy atom. The Hall–Kier alpha value is -2.44. The summed E-state index contributed by atoms with van der Waals surface area (Å²) >= 11 is 0. The van der Waals surface area contributed by atoms with Crippen molar-refractivity contribution in [1.82, 2.24) is 9.78 Å². The molecule has 2 atom stereocenters. The molecule has 0 radical (unpaired) electrons. The molecule has 0 amide bonds. The maximum Gasteiger partial charge on any atom is 0.435 e. The van der Waals surface area contributed by atoms with Gasteiger partial charge in [-0.1, -0.05) is 6.42 Å². The van der Waals surface area contributed by atoms with Gasteiger partial charge in [-0.15, -0.1) is 0 Å². The molecule has 2 aromatic rings. The van der Waals surface area contributed by atoms with Crippen molar-refractivity contribution in [2.45, 2.75) is 49.4 Å². The standard InChI is InChI=1S/C21H21F7N2O3S/c1-30-17(10-19(29-30)21(26,27)28)18(31)5-4-12-2-3-13(6-12)11-34(32,33)16-8-14(20(23,24)25)7-15(22)9-16/h7-10,12-13H,2-6,11H2,1H3. The molecule has 1 heterocycles. The zero-order valence-corrected chi connectivity index (χ0v) is 18.7. The van der Waals surface area contributed by atoms with Gasteiger partial charge in [-0.25, -0.2) is 12.8 Å². The van der Waals surface area contributed by atoms with Crippen LogP contribution in [0.4, 0.5) is 30.7 Å². The van der Waals surface area contributed by atoms with E-state index in [0.29, 0.717) is 43.9 Å². The maximum absolute atomic E-state index is 13.6. The van der Waals surface area contributed by atoms with Crippen molar-refractivity contribution in [1.29, 1.82) is 0 Å². The van der Waals surface area contributed by atoms with Gasteiger partial charge in [0.25, 0.3) is 0 Å². The van der Waals surface area contributed by atoms with Crippen LogP contribution < -0.4 is 0 Å². The van der Waals surface area contributed by atoms with E-state index in [1.165, 1.54) is 7.05 Å². The van der Waals surface area contributed by atoms with Crippen LogP contribution in [0.2, 0.25) is 0 Å². The average molecular weight is 514 g/mol. The molecule has 2 unspecified atom stereocenters. The van der Waals surface area contributed by atoms with Crippen molar-refractivity contribution in [2.75, 3.05) is 5.75 Å². The fourth-order valence-electron chi connectivity index (χ4n) is 4.23. The molecule has 1 fully saturated rings. The number of Topliss-reactive ketones (excluding diaryl/α,β-unsaturated/α-hetero) is 1. The minimum absolute atomic E-state index is 0.0557. The molecule has 0 spiro atoms. The summed E-state index contributed by atoms with van der Waals surface area (Å²) in [5.41, 5.74) is -2.75. The van der Waals surface area contributed by atoms with E-state index in [-0.39, 0.29) is 24.1 Å². The lowest BCUT2D eigenvalue weighted by molar-refractivity contribution is -0.141. The highest BCUT2D eigenvalue weighted by Gasteiger charge is 2.36. The second-order valence-corrected chi connectivity index (χ2v) is 10.5. The highest BCUT2D eigenvalue weighted by molar-refractivity contribution is 7.91. The van der Waals surface area contributed by atoms with Gasteiger partial charge in [0, 0.05) is 13.5 Å². The second kappa shape index (κ2) is 9.31. The Balaban J connectivity index is 1.60. The molecule has 0 N–H and O–H groups in total. The van der Waals surface area contributed by atoms with Crippen LogP contribution in [0.1, 0.15) is 53.8 Å². The molecule has 1 saturated carbocycles. The van der Waals surface area contributed by atoms with Gasteiger partial charge in [-0.2, -0.15) is 31.4 Å². The van der Waals surface area contributed by atoms with Crippen LogP contribution in [0.5, 0.6) is 0 Å². The number of aromatic nitrogens is 2. The lowest BCUT2D eigenvalue weighted by atomic mass is 9.98. The van der Waals surface area contributed by atoms with Gasteiger partial charge < -0.3 is 0 Å². The molecule has 0 saturated heterocycles. The highest BCUT2D eigenvalue weighted by atomic mass is 32.2. The lowest BCUT2D eigenvalue weighted by Crippen LogP contribution is -2.16. The van der Waals surface area contributed by atoms with E-state index in [1.807, 2.05) is 0 Å². The van der Waals surface area contributed by atoms with E-state index in [9.17, 15) is 43.9 Å². The zero-order valence-electron chi connectivity index (χ0n) is 17.9. The van der Waals surface area contributed by atoms with Crippen molar-refractivity contribution in [3.05, 3.63) is 47.0 Å². The predicted molar refractivity (Wildman–Crippen MR) is 106 cm³/mol. The number of hydrogen-bond donors (Lipinski definition) is 0. The van der Waals surface area contributed by atoms with Gasteiger partial charge in [-0.05, 0) is 55.4 Å². The third-order valence-corrected chi connectivity index (χ3v) is 7.76. The maximum atomic E-state index is 13.6. The van der Waals surface area contributed by atoms with E-state index < -0.39 is 61.6 Å². The fourth-order valence-corrected chi connectivity index (χ4v) is 5.95. The Morgan fingerprint density at radius 3 is 2.26 bits per heavy atom. The van der Waals surface area contributed by atoms with E-state index in [2.05, 4.69) is 5.10 Å². The first-order valence-electron chi connectivity index (χ1n) is 10.3. The smallest absolute Gasteiger partial charge is 0.292 e. The molecule has 1 aromatic carbocycles. The predicted octanol–water partition coefficient (Wildman–Crippen LogP) is 5.45. The quantitative estimate of drug-likeness (QED) is 0.364. The Kier molecular flexibility index (Phi) is 7.16. The number of hydrogen-bond acceptors (Lipinski definition) is 4. The van der Waals surface area contributed by atoms with Gasteiger partial charge in [0.15, 0.2) is 21.3 Å². The molecule has 0 bridgehead atoms. The monoisotopic (exact) mass is 514 g/mol. The molecular formula is C21H21F7N2O3S. The number of sulfone groups is 1. The summed E-state index contributed by atoms with van der Waals surface area (Å²) in [6.07, 6.45) is -7.92. The SMILES string of the molecule is Cn1nc(C(F)(F)F)cc1C(=O)CCC1CCC(CS(=O)(=O)c2cc(F)cc(C(F)(F)F)c2)C1. The molecule has 1 aliphatic rings. The van der Waals surface area contributed by atoms with E-state index >= 15 is 0 Å². The number of halogens is 7. The summed E-state index contributed by atoms with van der Waals surface area (Å²) < 4.78 is 117. The van der Waals surface area contributed by atoms with Crippen molar-refractivity contribution in [3.63, 3.8) is 0 Å². The van der Waals surface area contributed by atoms with E-state index in [1.54, 1.807) is 0 Å². The summed E-state index contributed by atoms with van der Waals surface area (Å²) in [5, 5.41) is 3.30. The van der Waals surface area contributed by atoms with Gasteiger partial charge in [0.2, 0.25) is 0 Å². The first-order valence-corrected chi connectivity index (χ1v) is 12.0. The largest absolute Gasteiger partial charge is 0.435 e. The van der Waals surface area contributed by atoms with Crippen molar-refractivity contribution < 1.29 is 43.9 Å². The summed E-state index contributed by atoms with van der Waals surface area (Å²) in [4.78, 5) is 11.6. The summed E-state index contributed by atoms with van der Waals surface area (Å²) in [6, 6.07) is 1.87. The van der Waals surface area contributed by atoms with Crippen LogP contribution in [0.25, 0.3) is 0 Å². The van der Waals surface area contributed by atoms with E-state index in [4.69, 9.17) is 0 Å². The van der Waals surface area contributed by atoms with Gasteiger partial charge >= 0.3 is 12.4 Å². The topological polar surface area (TPSA) is 69.0 Å². The molecule has 34 heavy (non-hydrogen) atoms. The number of carbonyl (C=O) groups excluding carboxylic acids is 1. The summed E-state index contributed by atoms with van der Waals surface area (Å²) in [7, 11) is -2.96. The number of rotatable bonds is 7. The number of benzene rings is 1. The fraction of sp³-hybridized carbons (Fsp3) is 0.524. The van der Waals surface area contributed by atoms with Crippen LogP contribution in [0.3, 0.4) is 0 Å². The molecule has 5 nitrogen and oxygen atoms in total. The molecule has 1 aliphatic carbocycles. The van der Waals surface area contributed by atoms with Crippen molar-refractivity contribution in [3.8, 4) is 0 Å². The average Bonchev–Trinajstić information content (AvgIpc) is 3.30. The Morgan fingerprint density at radius 2 is 1.68 bits per heavy atom. The Bertz CT molecular complexity index is 1170. The summed E-state index contributed by atoms with van der Waals surface area (Å²) in [6.45, 7) is 0. The van der Waals surface area contributed by atoms with Gasteiger partial charge in [-0.3, -0.25) is 9.48 Å². The van der Waals surface area contributed by atoms with E-state index in [0.717, 1.165) is 4.68 Å². The van der Waals surface area contributed by atoms with Crippen LogP contribution in [0, 0.1) is 17.7 Å². The molecule has 1 aromatic heterocycles. The van der Waals surface area contributed by atoms with Crippen LogP contribution in [-0.2, 0) is 29.2 Å². The number of ketones is 1. The van der Waals surface area contributed by atoms with Crippen LogP contribution >= 0.6 is 0 Å². The van der Waals surface area contributed by atoms with Crippen molar-refractivity contribution >= 4 is 15.6 Å².